The fraction of sp³-hybridized carbons (Fsp3) is 0. The average molecular weight is 291 g/mol. The molecule has 1 heterocycles. The first-order valence-corrected chi connectivity index (χ1v) is 6.69. The van der Waals surface area contributed by atoms with Gasteiger partial charge in [0.15, 0.2) is 0 Å². The molecule has 0 aliphatic rings. The average Bonchev–Trinajstić information content (AvgIpc) is 2.88. The van der Waals surface area contributed by atoms with Gasteiger partial charge in [0.2, 0.25) is 0 Å². The number of halogens is 3. The van der Waals surface area contributed by atoms with Crippen LogP contribution in [0.15, 0.2) is 47.8 Å². The van der Waals surface area contributed by atoms with E-state index in [1.165, 1.54) is 0 Å². The highest BCUT2D eigenvalue weighted by Gasteiger charge is 2.17. The summed E-state index contributed by atoms with van der Waals surface area (Å²) in [5.74, 6) is -2.84. The first-order chi connectivity index (χ1) is 9.65. The van der Waals surface area contributed by atoms with Crippen LogP contribution in [0.5, 0.6) is 0 Å². The monoisotopic (exact) mass is 291 g/mol. The highest BCUT2D eigenvalue weighted by molar-refractivity contribution is 7.13. The van der Waals surface area contributed by atoms with E-state index in [-0.39, 0.29) is 10.6 Å². The Labute approximate surface area is 117 Å². The number of benzene rings is 2. The molecule has 0 bridgehead atoms. The topological polar surface area (TPSA) is 12.9 Å². The molecule has 0 radical (unpaired) electrons. The van der Waals surface area contributed by atoms with Gasteiger partial charge in [0.1, 0.15) is 22.5 Å². The Morgan fingerprint density at radius 3 is 2.20 bits per heavy atom. The van der Waals surface area contributed by atoms with Gasteiger partial charge in [-0.15, -0.1) is 11.3 Å². The second-order valence-corrected chi connectivity index (χ2v) is 5.01. The molecule has 0 atom stereocenters. The summed E-state index contributed by atoms with van der Waals surface area (Å²) in [6.45, 7) is 0. The highest BCUT2D eigenvalue weighted by Crippen LogP contribution is 2.32. The van der Waals surface area contributed by atoms with Gasteiger partial charge in [0.25, 0.3) is 0 Å². The van der Waals surface area contributed by atoms with Crippen molar-refractivity contribution in [2.45, 2.75) is 0 Å². The summed E-state index contributed by atoms with van der Waals surface area (Å²) in [6.07, 6.45) is 0. The summed E-state index contributed by atoms with van der Waals surface area (Å²) in [5, 5.41) is 1.91. The molecule has 2 aromatic carbocycles. The lowest BCUT2D eigenvalue weighted by Crippen LogP contribution is -1.92. The molecule has 0 aliphatic heterocycles. The van der Waals surface area contributed by atoms with Gasteiger partial charge < -0.3 is 0 Å². The van der Waals surface area contributed by atoms with Gasteiger partial charge in [-0.3, -0.25) is 0 Å². The molecule has 3 rings (SSSR count). The predicted octanol–water partition coefficient (Wildman–Crippen LogP) is 4.89. The SMILES string of the molecule is Fc1cc(F)c(-c2nc(-c3ccccc3)cs2)c(F)c1. The Bertz CT molecular complexity index is 730. The van der Waals surface area contributed by atoms with Gasteiger partial charge in [-0.1, -0.05) is 30.3 Å². The predicted molar refractivity (Wildman–Crippen MR) is 72.9 cm³/mol. The normalized spacial score (nSPS) is 10.8. The molecule has 0 amide bonds. The minimum absolute atomic E-state index is 0.193. The molecule has 0 N–H and O–H groups in total. The summed E-state index contributed by atoms with van der Waals surface area (Å²) < 4.78 is 40.3. The zero-order valence-electron chi connectivity index (χ0n) is 10.1. The van der Waals surface area contributed by atoms with Crippen LogP contribution in [0.2, 0.25) is 0 Å². The van der Waals surface area contributed by atoms with Crippen LogP contribution in [0, 0.1) is 17.5 Å². The van der Waals surface area contributed by atoms with E-state index in [0.29, 0.717) is 17.8 Å². The third kappa shape index (κ3) is 2.32. The molecule has 3 aromatic rings. The van der Waals surface area contributed by atoms with Crippen LogP contribution < -0.4 is 0 Å². The summed E-state index contributed by atoms with van der Waals surface area (Å²) in [7, 11) is 0. The van der Waals surface area contributed by atoms with Crippen molar-refractivity contribution in [2.24, 2.45) is 0 Å². The molecule has 0 saturated carbocycles. The third-order valence-electron chi connectivity index (χ3n) is 2.79. The molecule has 0 fully saturated rings. The molecule has 0 unspecified atom stereocenters. The summed E-state index contributed by atoms with van der Waals surface area (Å²) in [6, 6.07) is 10.6. The van der Waals surface area contributed by atoms with Gasteiger partial charge in [0, 0.05) is 23.1 Å². The Morgan fingerprint density at radius 1 is 0.900 bits per heavy atom. The van der Waals surface area contributed by atoms with Gasteiger partial charge in [-0.2, -0.15) is 0 Å². The third-order valence-corrected chi connectivity index (χ3v) is 3.65. The molecule has 100 valence electrons. The van der Waals surface area contributed by atoms with Crippen molar-refractivity contribution in [3.8, 4) is 21.8 Å². The fourth-order valence-corrected chi connectivity index (χ4v) is 2.75. The van der Waals surface area contributed by atoms with E-state index >= 15 is 0 Å². The summed E-state index contributed by atoms with van der Waals surface area (Å²) >= 11 is 1.12. The highest BCUT2D eigenvalue weighted by atomic mass is 32.1. The van der Waals surface area contributed by atoms with E-state index in [2.05, 4.69) is 4.98 Å². The van der Waals surface area contributed by atoms with Crippen LogP contribution in [0.1, 0.15) is 0 Å². The molecule has 0 spiro atoms. The van der Waals surface area contributed by atoms with Crippen molar-refractivity contribution in [3.05, 3.63) is 65.3 Å². The van der Waals surface area contributed by atoms with Crippen molar-refractivity contribution in [3.63, 3.8) is 0 Å². The molecular weight excluding hydrogens is 283 g/mol. The standard InChI is InChI=1S/C15H8F3NS/c16-10-6-11(17)14(12(18)7-10)15-19-13(8-20-15)9-4-2-1-3-5-9/h1-8H. The molecule has 0 saturated heterocycles. The Morgan fingerprint density at radius 2 is 1.55 bits per heavy atom. The Hall–Kier alpha value is -2.14. The van der Waals surface area contributed by atoms with Crippen LogP contribution in [0.25, 0.3) is 21.8 Å². The van der Waals surface area contributed by atoms with Crippen molar-refractivity contribution < 1.29 is 13.2 Å². The van der Waals surface area contributed by atoms with Crippen molar-refractivity contribution in [1.82, 2.24) is 4.98 Å². The van der Waals surface area contributed by atoms with Crippen molar-refractivity contribution in [1.29, 1.82) is 0 Å². The lowest BCUT2D eigenvalue weighted by atomic mass is 10.1. The molecular formula is C15H8F3NS. The quantitative estimate of drug-likeness (QED) is 0.654. The van der Waals surface area contributed by atoms with Gasteiger partial charge in [-0.05, 0) is 0 Å². The molecule has 5 heteroatoms. The number of hydrogen-bond acceptors (Lipinski definition) is 2. The van der Waals surface area contributed by atoms with E-state index in [0.717, 1.165) is 16.9 Å². The smallest absolute Gasteiger partial charge is 0.139 e. The van der Waals surface area contributed by atoms with E-state index in [9.17, 15) is 13.2 Å². The molecule has 1 nitrogen and oxygen atoms in total. The first-order valence-electron chi connectivity index (χ1n) is 5.81. The number of thiazole rings is 1. The van der Waals surface area contributed by atoms with Crippen LogP contribution in [0.3, 0.4) is 0 Å². The van der Waals surface area contributed by atoms with E-state index in [4.69, 9.17) is 0 Å². The van der Waals surface area contributed by atoms with E-state index < -0.39 is 17.5 Å². The number of hydrogen-bond donors (Lipinski definition) is 0. The fourth-order valence-electron chi connectivity index (χ4n) is 1.88. The van der Waals surface area contributed by atoms with Crippen LogP contribution in [-0.2, 0) is 0 Å². The Balaban J connectivity index is 2.07. The van der Waals surface area contributed by atoms with Crippen molar-refractivity contribution in [2.75, 3.05) is 0 Å². The first kappa shape index (κ1) is 12.9. The Kier molecular flexibility index (Phi) is 3.28. The minimum atomic E-state index is -0.948. The maximum Gasteiger partial charge on any atom is 0.139 e. The largest absolute Gasteiger partial charge is 0.236 e. The van der Waals surface area contributed by atoms with Gasteiger partial charge in [0.05, 0.1) is 11.3 Å². The number of nitrogens with zero attached hydrogens (tertiary/aromatic N) is 1. The summed E-state index contributed by atoms with van der Waals surface area (Å²) in [4.78, 5) is 4.22. The lowest BCUT2D eigenvalue weighted by Gasteiger charge is -2.01. The zero-order chi connectivity index (χ0) is 14.1. The molecule has 1 aromatic heterocycles. The maximum absolute atomic E-state index is 13.7. The van der Waals surface area contributed by atoms with Gasteiger partial charge >= 0.3 is 0 Å². The maximum atomic E-state index is 13.7. The van der Waals surface area contributed by atoms with Crippen LogP contribution in [-0.4, -0.2) is 4.98 Å². The number of rotatable bonds is 2. The second kappa shape index (κ2) is 5.09. The number of aromatic nitrogens is 1. The van der Waals surface area contributed by atoms with Crippen LogP contribution in [0.4, 0.5) is 13.2 Å². The molecule has 20 heavy (non-hydrogen) atoms. The lowest BCUT2D eigenvalue weighted by molar-refractivity contribution is 0.548. The zero-order valence-corrected chi connectivity index (χ0v) is 10.9. The van der Waals surface area contributed by atoms with E-state index in [1.807, 2.05) is 30.3 Å². The summed E-state index contributed by atoms with van der Waals surface area (Å²) in [5.41, 5.74) is 1.20. The second-order valence-electron chi connectivity index (χ2n) is 4.15. The molecule has 0 aliphatic carbocycles. The van der Waals surface area contributed by atoms with Gasteiger partial charge in [-0.25, -0.2) is 18.2 Å². The van der Waals surface area contributed by atoms with Crippen LogP contribution >= 0.6 is 11.3 Å². The minimum Gasteiger partial charge on any atom is -0.236 e. The van der Waals surface area contributed by atoms with Crippen molar-refractivity contribution >= 4 is 11.3 Å². The van der Waals surface area contributed by atoms with E-state index in [1.54, 1.807) is 5.38 Å².